The second-order valence-electron chi connectivity index (χ2n) is 4.23. The highest BCUT2D eigenvalue weighted by Gasteiger charge is 2.23. The Morgan fingerprint density at radius 3 is 2.67 bits per heavy atom. The van der Waals surface area contributed by atoms with Crippen LogP contribution in [-0.4, -0.2) is 13.3 Å². The summed E-state index contributed by atoms with van der Waals surface area (Å²) in [5, 5.41) is 12.5. The molecule has 1 aromatic heterocycles. The van der Waals surface area contributed by atoms with E-state index in [9.17, 15) is 22.9 Å². The smallest absolute Gasteiger partial charge is 0.258 e. The Labute approximate surface area is 124 Å². The van der Waals surface area contributed by atoms with E-state index in [0.717, 1.165) is 17.0 Å². The third-order valence-electron chi connectivity index (χ3n) is 2.73. The van der Waals surface area contributed by atoms with Gasteiger partial charge >= 0.3 is 5.69 Å². The van der Waals surface area contributed by atoms with Crippen LogP contribution in [0.15, 0.2) is 40.6 Å². The van der Waals surface area contributed by atoms with Crippen LogP contribution in [0.25, 0.3) is 0 Å². The first-order chi connectivity index (χ1) is 9.81. The first-order valence-electron chi connectivity index (χ1n) is 5.81. The molecule has 2 aromatic rings. The van der Waals surface area contributed by atoms with Crippen molar-refractivity contribution in [2.45, 2.75) is 17.9 Å². The van der Waals surface area contributed by atoms with Gasteiger partial charge in [-0.3, -0.25) is 10.1 Å². The highest BCUT2D eigenvalue weighted by Crippen LogP contribution is 2.24. The van der Waals surface area contributed by atoms with Crippen molar-refractivity contribution in [2.75, 3.05) is 0 Å². The fourth-order valence-corrected chi connectivity index (χ4v) is 3.75. The van der Waals surface area contributed by atoms with E-state index < -0.39 is 32.5 Å². The van der Waals surface area contributed by atoms with Gasteiger partial charge in [0.15, 0.2) is 0 Å². The van der Waals surface area contributed by atoms with E-state index in [1.54, 1.807) is 19.1 Å². The molecule has 6 nitrogen and oxygen atoms in total. The predicted molar refractivity (Wildman–Crippen MR) is 76.1 cm³/mol. The van der Waals surface area contributed by atoms with Crippen LogP contribution >= 0.6 is 11.3 Å². The molecule has 0 aliphatic heterocycles. The lowest BCUT2D eigenvalue weighted by molar-refractivity contribution is -0.387. The van der Waals surface area contributed by atoms with Crippen LogP contribution in [0.4, 0.5) is 10.1 Å². The zero-order valence-electron chi connectivity index (χ0n) is 10.8. The summed E-state index contributed by atoms with van der Waals surface area (Å²) >= 11 is 1.38. The number of nitrogens with one attached hydrogen (secondary N) is 1. The van der Waals surface area contributed by atoms with Gasteiger partial charge in [0, 0.05) is 10.9 Å². The number of nitro benzene ring substituents is 1. The van der Waals surface area contributed by atoms with Crippen LogP contribution in [0.2, 0.25) is 0 Å². The molecule has 1 heterocycles. The summed E-state index contributed by atoms with van der Waals surface area (Å²) in [7, 11) is -3.97. The van der Waals surface area contributed by atoms with Crippen LogP contribution in [0.5, 0.6) is 0 Å². The normalized spacial score (nSPS) is 13.0. The molecule has 0 radical (unpaired) electrons. The topological polar surface area (TPSA) is 89.3 Å². The number of nitrogens with zero attached hydrogens (tertiary/aromatic N) is 1. The zero-order chi connectivity index (χ0) is 15.6. The molecular formula is C12H11FN2O4S2. The molecule has 0 spiro atoms. The minimum Gasteiger partial charge on any atom is -0.258 e. The molecule has 112 valence electrons. The number of nitro groups is 1. The van der Waals surface area contributed by atoms with E-state index in [-0.39, 0.29) is 4.90 Å². The van der Waals surface area contributed by atoms with Crippen molar-refractivity contribution < 1.29 is 17.7 Å². The quantitative estimate of drug-likeness (QED) is 0.674. The summed E-state index contributed by atoms with van der Waals surface area (Å²) in [6.45, 7) is 1.65. The highest BCUT2D eigenvalue weighted by molar-refractivity contribution is 7.89. The molecule has 0 saturated heterocycles. The maximum absolute atomic E-state index is 13.2. The van der Waals surface area contributed by atoms with E-state index in [1.165, 1.54) is 11.3 Å². The van der Waals surface area contributed by atoms with Crippen molar-refractivity contribution in [2.24, 2.45) is 0 Å². The van der Waals surface area contributed by atoms with Crippen LogP contribution in [0, 0.1) is 15.9 Å². The molecule has 0 aliphatic rings. The van der Waals surface area contributed by atoms with Gasteiger partial charge in [-0.05, 0) is 30.5 Å². The van der Waals surface area contributed by atoms with Crippen LogP contribution in [0.3, 0.4) is 0 Å². The van der Waals surface area contributed by atoms with E-state index in [2.05, 4.69) is 4.72 Å². The Morgan fingerprint density at radius 1 is 1.38 bits per heavy atom. The van der Waals surface area contributed by atoms with Gasteiger partial charge in [0.25, 0.3) is 0 Å². The van der Waals surface area contributed by atoms with E-state index >= 15 is 0 Å². The van der Waals surface area contributed by atoms with Gasteiger partial charge in [0.1, 0.15) is 0 Å². The third kappa shape index (κ3) is 3.43. The third-order valence-corrected chi connectivity index (χ3v) is 5.32. The number of benzene rings is 1. The van der Waals surface area contributed by atoms with E-state index in [0.29, 0.717) is 6.07 Å². The average Bonchev–Trinajstić information content (AvgIpc) is 2.92. The number of rotatable bonds is 5. The molecular weight excluding hydrogens is 319 g/mol. The van der Waals surface area contributed by atoms with Crippen molar-refractivity contribution >= 4 is 27.0 Å². The summed E-state index contributed by atoms with van der Waals surface area (Å²) in [6.07, 6.45) is 0. The molecule has 1 aromatic carbocycles. The molecule has 1 atom stereocenters. The Hall–Kier alpha value is -1.84. The van der Waals surface area contributed by atoms with Crippen LogP contribution in [0.1, 0.15) is 17.8 Å². The van der Waals surface area contributed by atoms with Gasteiger partial charge in [-0.15, -0.1) is 11.3 Å². The van der Waals surface area contributed by atoms with Crippen molar-refractivity contribution in [1.82, 2.24) is 4.72 Å². The fourth-order valence-electron chi connectivity index (χ4n) is 1.70. The van der Waals surface area contributed by atoms with Gasteiger partial charge in [-0.1, -0.05) is 6.07 Å². The molecule has 9 heteroatoms. The van der Waals surface area contributed by atoms with Crippen LogP contribution < -0.4 is 4.72 Å². The molecule has 21 heavy (non-hydrogen) atoms. The van der Waals surface area contributed by atoms with E-state index in [1.807, 2.05) is 5.38 Å². The maximum atomic E-state index is 13.2. The largest absolute Gasteiger partial charge is 0.306 e. The monoisotopic (exact) mass is 330 g/mol. The number of sulfonamides is 1. The zero-order valence-corrected chi connectivity index (χ0v) is 12.4. The molecule has 0 unspecified atom stereocenters. The predicted octanol–water partition coefficient (Wildman–Crippen LogP) is 2.83. The molecule has 0 amide bonds. The van der Waals surface area contributed by atoms with Crippen molar-refractivity contribution in [3.8, 4) is 0 Å². The minimum atomic E-state index is -3.97. The molecule has 0 saturated carbocycles. The average molecular weight is 330 g/mol. The second kappa shape index (κ2) is 5.88. The summed E-state index contributed by atoms with van der Waals surface area (Å²) in [5.74, 6) is -1.08. The fraction of sp³-hybridized carbons (Fsp3) is 0.167. The SMILES string of the molecule is C[C@@H](NS(=O)(=O)c1ccc(F)c([N+](=O)[O-])c1)c1cccs1. The maximum Gasteiger partial charge on any atom is 0.306 e. The first kappa shape index (κ1) is 15.5. The summed E-state index contributed by atoms with van der Waals surface area (Å²) in [6, 6.07) is 5.53. The summed E-state index contributed by atoms with van der Waals surface area (Å²) in [5.41, 5.74) is -0.873. The minimum absolute atomic E-state index is 0.348. The standard InChI is InChI=1S/C12H11FN2O4S2/c1-8(12-3-2-6-20-12)14-21(18,19)9-4-5-10(13)11(7-9)15(16)17/h2-8,14H,1H3/t8-/m1/s1. The van der Waals surface area contributed by atoms with Gasteiger partial charge in [0.2, 0.25) is 15.8 Å². The Bertz CT molecular complexity index is 760. The molecule has 2 rings (SSSR count). The summed E-state index contributed by atoms with van der Waals surface area (Å²) < 4.78 is 40.0. The van der Waals surface area contributed by atoms with E-state index in [4.69, 9.17) is 0 Å². The van der Waals surface area contributed by atoms with Crippen molar-refractivity contribution in [3.63, 3.8) is 0 Å². The molecule has 0 bridgehead atoms. The lowest BCUT2D eigenvalue weighted by atomic mass is 10.3. The number of hydrogen-bond donors (Lipinski definition) is 1. The highest BCUT2D eigenvalue weighted by atomic mass is 32.2. The number of thiophene rings is 1. The number of halogens is 1. The first-order valence-corrected chi connectivity index (χ1v) is 8.17. The van der Waals surface area contributed by atoms with Gasteiger partial charge in [0.05, 0.1) is 15.9 Å². The lowest BCUT2D eigenvalue weighted by Crippen LogP contribution is -2.26. The molecule has 0 fully saturated rings. The Balaban J connectivity index is 2.32. The molecule has 0 aliphatic carbocycles. The van der Waals surface area contributed by atoms with Crippen molar-refractivity contribution in [3.05, 3.63) is 56.5 Å². The van der Waals surface area contributed by atoms with Gasteiger partial charge < -0.3 is 0 Å². The summed E-state index contributed by atoms with van der Waals surface area (Å²) in [4.78, 5) is 10.2. The Kier molecular flexibility index (Phi) is 4.35. The molecule has 1 N–H and O–H groups in total. The second-order valence-corrected chi connectivity index (χ2v) is 6.92. The van der Waals surface area contributed by atoms with Crippen LogP contribution in [-0.2, 0) is 10.0 Å². The lowest BCUT2D eigenvalue weighted by Gasteiger charge is -2.12. The number of hydrogen-bond acceptors (Lipinski definition) is 5. The van der Waals surface area contributed by atoms with Crippen molar-refractivity contribution in [1.29, 1.82) is 0 Å². The van der Waals surface area contributed by atoms with Gasteiger partial charge in [-0.2, -0.15) is 4.39 Å². The Morgan fingerprint density at radius 2 is 2.10 bits per heavy atom. The van der Waals surface area contributed by atoms with Gasteiger partial charge in [-0.25, -0.2) is 13.1 Å².